The Labute approximate surface area is 133 Å². The highest BCUT2D eigenvalue weighted by Crippen LogP contribution is 2.16. The molecule has 1 N–H and O–H groups in total. The Bertz CT molecular complexity index is 721. The number of pyridine rings is 1. The Morgan fingerprint density at radius 2 is 2.00 bits per heavy atom. The number of hydrogen-bond donors (Lipinski definition) is 1. The second-order valence-electron chi connectivity index (χ2n) is 4.59. The summed E-state index contributed by atoms with van der Waals surface area (Å²) in [6, 6.07) is 13.0. The predicted molar refractivity (Wildman–Crippen MR) is 83.9 cm³/mol. The molecular formula is C17H15N3O3. The van der Waals surface area contributed by atoms with Crippen LogP contribution in [0.4, 0.5) is 5.82 Å². The zero-order chi connectivity index (χ0) is 16.7. The summed E-state index contributed by atoms with van der Waals surface area (Å²) in [6.45, 7) is 2.37. The summed E-state index contributed by atoms with van der Waals surface area (Å²) in [5, 5.41) is 11.6. The maximum Gasteiger partial charge on any atom is 0.250 e. The first-order valence-corrected chi connectivity index (χ1v) is 7.04. The number of rotatable bonds is 6. The van der Waals surface area contributed by atoms with E-state index in [2.05, 4.69) is 10.3 Å². The molecule has 1 atom stereocenters. The number of nitrogens with one attached hydrogen (secondary N) is 1. The van der Waals surface area contributed by atoms with E-state index in [0.717, 1.165) is 0 Å². The molecule has 0 unspecified atom stereocenters. The number of carbonyl (C=O) groups excluding carboxylic acids is 2. The van der Waals surface area contributed by atoms with E-state index in [9.17, 15) is 9.59 Å². The van der Waals surface area contributed by atoms with Crippen LogP contribution in [-0.4, -0.2) is 23.3 Å². The lowest BCUT2D eigenvalue weighted by Crippen LogP contribution is -2.29. The molecule has 23 heavy (non-hydrogen) atoms. The number of ether oxygens (including phenoxy) is 1. The fraction of sp³-hybridized carbons (Fsp3) is 0.176. The van der Waals surface area contributed by atoms with Crippen molar-refractivity contribution in [3.05, 3.63) is 54.2 Å². The SMILES string of the molecule is CCOc1ccc(C(=O)[C@H](C#N)C(=O)Nc2ccccn2)cc1. The van der Waals surface area contributed by atoms with Crippen LogP contribution in [0.5, 0.6) is 5.75 Å². The highest BCUT2D eigenvalue weighted by molar-refractivity contribution is 6.15. The molecule has 1 amide bonds. The summed E-state index contributed by atoms with van der Waals surface area (Å²) in [6.07, 6.45) is 1.51. The maximum absolute atomic E-state index is 12.3. The van der Waals surface area contributed by atoms with Gasteiger partial charge in [0.2, 0.25) is 0 Å². The standard InChI is InChI=1S/C17H15N3O3/c1-2-23-13-8-6-12(7-9-13)16(21)14(11-18)17(22)20-15-5-3-4-10-19-15/h3-10,14H,2H2,1H3,(H,19,20,22)/t14-/m0/s1. The molecular weight excluding hydrogens is 294 g/mol. The number of nitriles is 1. The Hall–Kier alpha value is -3.20. The third-order valence-electron chi connectivity index (χ3n) is 3.02. The molecule has 116 valence electrons. The van der Waals surface area contributed by atoms with E-state index in [1.54, 1.807) is 36.4 Å². The molecule has 0 spiro atoms. The lowest BCUT2D eigenvalue weighted by atomic mass is 9.98. The van der Waals surface area contributed by atoms with Crippen LogP contribution in [0.25, 0.3) is 0 Å². The van der Waals surface area contributed by atoms with Crippen LogP contribution in [-0.2, 0) is 4.79 Å². The molecule has 0 aliphatic heterocycles. The Morgan fingerprint density at radius 1 is 1.26 bits per heavy atom. The largest absolute Gasteiger partial charge is 0.494 e. The lowest BCUT2D eigenvalue weighted by Gasteiger charge is -2.09. The van der Waals surface area contributed by atoms with Crippen molar-refractivity contribution in [2.45, 2.75) is 6.92 Å². The van der Waals surface area contributed by atoms with Crippen molar-refractivity contribution in [1.82, 2.24) is 4.98 Å². The van der Waals surface area contributed by atoms with Crippen molar-refractivity contribution in [2.75, 3.05) is 11.9 Å². The predicted octanol–water partition coefficient (Wildman–Crippen LogP) is 2.44. The van der Waals surface area contributed by atoms with Crippen molar-refractivity contribution >= 4 is 17.5 Å². The van der Waals surface area contributed by atoms with Gasteiger partial charge < -0.3 is 10.1 Å². The lowest BCUT2D eigenvalue weighted by molar-refractivity contribution is -0.117. The van der Waals surface area contributed by atoms with Gasteiger partial charge in [-0.2, -0.15) is 5.26 Å². The molecule has 0 aliphatic rings. The summed E-state index contributed by atoms with van der Waals surface area (Å²) in [5.41, 5.74) is 0.274. The summed E-state index contributed by atoms with van der Waals surface area (Å²) in [5.74, 6) is -1.79. The van der Waals surface area contributed by atoms with Gasteiger partial charge in [-0.3, -0.25) is 9.59 Å². The molecule has 6 heteroatoms. The van der Waals surface area contributed by atoms with Crippen molar-refractivity contribution in [3.8, 4) is 11.8 Å². The summed E-state index contributed by atoms with van der Waals surface area (Å²) in [7, 11) is 0. The van der Waals surface area contributed by atoms with Gasteiger partial charge in [0.25, 0.3) is 5.91 Å². The molecule has 0 fully saturated rings. The quantitative estimate of drug-likeness (QED) is 0.653. The fourth-order valence-electron chi connectivity index (χ4n) is 1.92. The number of ketones is 1. The average molecular weight is 309 g/mol. The number of amides is 1. The molecule has 0 aliphatic carbocycles. The third kappa shape index (κ3) is 4.14. The second kappa shape index (κ2) is 7.71. The number of aromatic nitrogens is 1. The topological polar surface area (TPSA) is 92.1 Å². The Balaban J connectivity index is 2.11. The Morgan fingerprint density at radius 3 is 2.57 bits per heavy atom. The van der Waals surface area contributed by atoms with Gasteiger partial charge in [-0.05, 0) is 43.3 Å². The highest BCUT2D eigenvalue weighted by Gasteiger charge is 2.27. The summed E-state index contributed by atoms with van der Waals surface area (Å²) < 4.78 is 5.29. The van der Waals surface area contributed by atoms with Crippen molar-refractivity contribution in [2.24, 2.45) is 5.92 Å². The van der Waals surface area contributed by atoms with Crippen LogP contribution in [0.2, 0.25) is 0 Å². The van der Waals surface area contributed by atoms with E-state index in [1.165, 1.54) is 18.3 Å². The molecule has 2 rings (SSSR count). The first-order valence-electron chi connectivity index (χ1n) is 7.04. The first kappa shape index (κ1) is 16.2. The van der Waals surface area contributed by atoms with Crippen molar-refractivity contribution in [3.63, 3.8) is 0 Å². The van der Waals surface area contributed by atoms with Gasteiger partial charge >= 0.3 is 0 Å². The van der Waals surface area contributed by atoms with E-state index < -0.39 is 17.6 Å². The van der Waals surface area contributed by atoms with E-state index >= 15 is 0 Å². The van der Waals surface area contributed by atoms with Crippen LogP contribution in [0.3, 0.4) is 0 Å². The second-order valence-corrected chi connectivity index (χ2v) is 4.59. The summed E-state index contributed by atoms with van der Waals surface area (Å²) in [4.78, 5) is 28.4. The van der Waals surface area contributed by atoms with Crippen molar-refractivity contribution in [1.29, 1.82) is 5.26 Å². The number of carbonyl (C=O) groups is 2. The molecule has 0 bridgehead atoms. The van der Waals surface area contributed by atoms with Crippen LogP contribution in [0.1, 0.15) is 17.3 Å². The van der Waals surface area contributed by atoms with E-state index in [4.69, 9.17) is 10.00 Å². The number of Topliss-reactive ketones (excluding diaryl/α,β-unsaturated/α-hetero) is 1. The zero-order valence-corrected chi connectivity index (χ0v) is 12.5. The van der Waals surface area contributed by atoms with Gasteiger partial charge in [-0.1, -0.05) is 6.07 Å². The van der Waals surface area contributed by atoms with Gasteiger partial charge in [0.1, 0.15) is 11.6 Å². The van der Waals surface area contributed by atoms with Gasteiger partial charge in [-0.25, -0.2) is 4.98 Å². The average Bonchev–Trinajstić information content (AvgIpc) is 2.57. The van der Waals surface area contributed by atoms with Crippen molar-refractivity contribution < 1.29 is 14.3 Å². The van der Waals surface area contributed by atoms with Gasteiger partial charge in [-0.15, -0.1) is 0 Å². The maximum atomic E-state index is 12.3. The normalized spacial score (nSPS) is 11.1. The summed E-state index contributed by atoms with van der Waals surface area (Å²) >= 11 is 0. The molecule has 1 aromatic carbocycles. The van der Waals surface area contributed by atoms with Gasteiger partial charge in [0, 0.05) is 11.8 Å². The number of hydrogen-bond acceptors (Lipinski definition) is 5. The van der Waals surface area contributed by atoms with Crippen LogP contribution >= 0.6 is 0 Å². The minimum atomic E-state index is -1.44. The fourth-order valence-corrected chi connectivity index (χ4v) is 1.92. The van der Waals surface area contributed by atoms with Gasteiger partial charge in [0.15, 0.2) is 11.7 Å². The minimum Gasteiger partial charge on any atom is -0.494 e. The minimum absolute atomic E-state index is 0.274. The molecule has 0 saturated heterocycles. The first-order chi connectivity index (χ1) is 11.2. The van der Waals surface area contributed by atoms with Crippen LogP contribution in [0, 0.1) is 17.2 Å². The molecule has 1 aromatic heterocycles. The third-order valence-corrected chi connectivity index (χ3v) is 3.02. The number of nitrogens with zero attached hydrogens (tertiary/aromatic N) is 2. The molecule has 6 nitrogen and oxygen atoms in total. The molecule has 1 heterocycles. The van der Waals surface area contributed by atoms with E-state index in [1.807, 2.05) is 6.92 Å². The molecule has 2 aromatic rings. The zero-order valence-electron chi connectivity index (χ0n) is 12.5. The van der Waals surface area contributed by atoms with E-state index in [0.29, 0.717) is 12.4 Å². The van der Waals surface area contributed by atoms with Crippen LogP contribution in [0.15, 0.2) is 48.7 Å². The number of benzene rings is 1. The highest BCUT2D eigenvalue weighted by atomic mass is 16.5. The van der Waals surface area contributed by atoms with E-state index in [-0.39, 0.29) is 11.4 Å². The van der Waals surface area contributed by atoms with Gasteiger partial charge in [0.05, 0.1) is 12.7 Å². The molecule has 0 radical (unpaired) electrons. The monoisotopic (exact) mass is 309 g/mol. The van der Waals surface area contributed by atoms with Crippen LogP contribution < -0.4 is 10.1 Å². The molecule has 0 saturated carbocycles. The smallest absolute Gasteiger partial charge is 0.250 e. The number of anilines is 1. The Kier molecular flexibility index (Phi) is 5.42.